The Labute approximate surface area is 515 Å². The van der Waals surface area contributed by atoms with Crippen LogP contribution in [0.2, 0.25) is 5.02 Å². The molecule has 3 heterocycles. The zero-order chi connectivity index (χ0) is 60.7. The summed E-state index contributed by atoms with van der Waals surface area (Å²) in [5.74, 6) is 0.0853. The standard InChI is InChI=1S/C62H86ClFN4O16S2/c1-49-6-5-8-51(42-49)52-10-11-58(84-59-46-57(64)60(45-56(59)63)86(70,71)67-61-47-85-48-66-61)55(44-52)53-12-16-65-54(43-53)9-4-3-7-50-13-17-68(18-14-50)62(69)15-19-73-22-23-75-26-27-77-30-31-79-34-35-81-38-39-83-41-40-82-37-36-80-33-32-78-29-28-76-25-24-74-21-20-72-2/h5-6,8,10-12,16,42-48,50,67H,3-4,7,9,13-15,17-41H2,1-2H3. The summed E-state index contributed by atoms with van der Waals surface area (Å²) in [6, 6.07) is 19.9. The predicted molar refractivity (Wildman–Crippen MR) is 327 cm³/mol. The van der Waals surface area contributed by atoms with Crippen LogP contribution in [0.3, 0.4) is 0 Å². The van der Waals surface area contributed by atoms with Crippen molar-refractivity contribution in [2.24, 2.45) is 5.92 Å². The Hall–Kier alpha value is -4.80. The molecule has 6 rings (SSSR count). The Bertz CT molecular complexity index is 2760. The summed E-state index contributed by atoms with van der Waals surface area (Å²) in [7, 11) is -2.68. The molecule has 1 fully saturated rings. The highest BCUT2D eigenvalue weighted by Gasteiger charge is 2.25. The number of unbranched alkanes of at least 4 members (excludes halogenated alkanes) is 1. The van der Waals surface area contributed by atoms with Crippen molar-refractivity contribution in [2.45, 2.75) is 56.8 Å². The number of rotatable bonds is 48. The summed E-state index contributed by atoms with van der Waals surface area (Å²) in [5.41, 5.74) is 7.05. The predicted octanol–water partition coefficient (Wildman–Crippen LogP) is 9.74. The fourth-order valence-electron chi connectivity index (χ4n) is 8.97. The molecule has 1 saturated heterocycles. The van der Waals surface area contributed by atoms with E-state index < -0.39 is 20.7 Å². The second-order valence-electron chi connectivity index (χ2n) is 20.0. The van der Waals surface area contributed by atoms with Crippen molar-refractivity contribution in [1.82, 2.24) is 14.9 Å². The molecule has 0 saturated carbocycles. The minimum Gasteiger partial charge on any atom is -0.455 e. The molecule has 0 radical (unpaired) electrons. The summed E-state index contributed by atoms with van der Waals surface area (Å²) in [6.07, 6.45) is 7.90. The Balaban J connectivity index is 0.741. The number of nitrogens with zero attached hydrogens (tertiary/aromatic N) is 3. The molecule has 20 nitrogen and oxygen atoms in total. The van der Waals surface area contributed by atoms with Crippen LogP contribution in [0.25, 0.3) is 22.3 Å². The molecular weight excluding hydrogens is 1180 g/mol. The molecule has 1 aliphatic rings. The van der Waals surface area contributed by atoms with Crippen LogP contribution < -0.4 is 9.46 Å². The fourth-order valence-corrected chi connectivity index (χ4v) is 10.9. The first-order valence-corrected chi connectivity index (χ1v) is 32.3. The monoisotopic (exact) mass is 1260 g/mol. The lowest BCUT2D eigenvalue weighted by Gasteiger charge is -2.32. The zero-order valence-corrected chi connectivity index (χ0v) is 52.1. The number of hydrogen-bond donors (Lipinski definition) is 1. The van der Waals surface area contributed by atoms with Crippen molar-refractivity contribution in [2.75, 3.05) is 177 Å². The first-order valence-electron chi connectivity index (χ1n) is 29.5. The SMILES string of the molecule is COCCOCCOCCOCCOCCOCCOCCOCCOCCOCCOCCOCCC(=O)N1CCC(CCCCc2cc(-c3cc(-c4cccc(C)c4)ccc3Oc3cc(F)c(S(=O)(=O)Nc4cscn4)cc3Cl)ccn2)CC1. The summed E-state index contributed by atoms with van der Waals surface area (Å²) < 4.78 is 116. The van der Waals surface area contributed by atoms with Gasteiger partial charge in [-0.1, -0.05) is 60.3 Å². The van der Waals surface area contributed by atoms with Gasteiger partial charge in [0.25, 0.3) is 10.0 Å². The van der Waals surface area contributed by atoms with Crippen LogP contribution in [0.15, 0.2) is 88.7 Å². The smallest absolute Gasteiger partial charge is 0.266 e. The number of anilines is 1. The number of piperidine rings is 1. The van der Waals surface area contributed by atoms with Crippen molar-refractivity contribution in [1.29, 1.82) is 0 Å². The van der Waals surface area contributed by atoms with E-state index in [0.717, 1.165) is 97.3 Å². The van der Waals surface area contributed by atoms with E-state index in [0.29, 0.717) is 170 Å². The van der Waals surface area contributed by atoms with Crippen LogP contribution in [-0.2, 0) is 78.1 Å². The van der Waals surface area contributed by atoms with Gasteiger partial charge in [-0.3, -0.25) is 14.5 Å². The van der Waals surface area contributed by atoms with Crippen LogP contribution in [0, 0.1) is 18.7 Å². The number of ether oxygens (including phenoxy) is 13. The van der Waals surface area contributed by atoms with Gasteiger partial charge in [0, 0.05) is 49.1 Å². The van der Waals surface area contributed by atoms with Gasteiger partial charge in [0.1, 0.15) is 22.2 Å². The first kappa shape index (κ1) is 70.3. The van der Waals surface area contributed by atoms with E-state index in [1.807, 2.05) is 60.4 Å². The van der Waals surface area contributed by atoms with Gasteiger partial charge in [-0.25, -0.2) is 17.8 Å². The number of methoxy groups -OCH3 is 1. The lowest BCUT2D eigenvalue weighted by molar-refractivity contribution is -0.133. The number of aromatic nitrogens is 2. The number of nitrogens with one attached hydrogen (secondary N) is 1. The number of amides is 1. The van der Waals surface area contributed by atoms with E-state index in [9.17, 15) is 13.2 Å². The highest BCUT2D eigenvalue weighted by Crippen LogP contribution is 2.40. The summed E-state index contributed by atoms with van der Waals surface area (Å²) in [5, 5.41) is 1.42. The number of likely N-dealkylation sites (tertiary alicyclic amines) is 1. The number of carbonyl (C=O) groups is 1. The van der Waals surface area contributed by atoms with Gasteiger partial charge >= 0.3 is 0 Å². The number of carbonyl (C=O) groups excluding carboxylic acids is 1. The first-order chi connectivity index (χ1) is 42.1. The number of sulfonamides is 1. The molecule has 0 aliphatic carbocycles. The number of aryl methyl sites for hydroxylation is 2. The summed E-state index contributed by atoms with van der Waals surface area (Å²) in [4.78, 5) is 22.9. The topological polar surface area (TPSA) is 212 Å². The van der Waals surface area contributed by atoms with E-state index in [1.165, 1.54) is 22.2 Å². The Morgan fingerprint density at radius 1 is 0.628 bits per heavy atom. The molecule has 3 aromatic carbocycles. The average Bonchev–Trinajstić information content (AvgIpc) is 1.54. The number of hydrogen-bond acceptors (Lipinski definition) is 19. The van der Waals surface area contributed by atoms with Crippen LogP contribution in [-0.4, -0.2) is 201 Å². The van der Waals surface area contributed by atoms with E-state index >= 15 is 4.39 Å². The number of benzene rings is 3. The quantitative estimate of drug-likeness (QED) is 0.0359. The lowest BCUT2D eigenvalue weighted by atomic mass is 9.91. The summed E-state index contributed by atoms with van der Waals surface area (Å²) >= 11 is 7.80. The maximum absolute atomic E-state index is 15.6. The number of pyridine rings is 1. The van der Waals surface area contributed by atoms with Crippen molar-refractivity contribution in [3.63, 3.8) is 0 Å². The van der Waals surface area contributed by atoms with E-state index in [2.05, 4.69) is 15.8 Å². The Morgan fingerprint density at radius 3 is 1.69 bits per heavy atom. The fraction of sp³-hybridized carbons (Fsp3) is 0.565. The molecule has 5 aromatic rings. The largest absolute Gasteiger partial charge is 0.455 e. The van der Waals surface area contributed by atoms with Gasteiger partial charge in [0.2, 0.25) is 5.91 Å². The molecule has 1 aliphatic heterocycles. The van der Waals surface area contributed by atoms with Gasteiger partial charge in [0.15, 0.2) is 5.82 Å². The zero-order valence-electron chi connectivity index (χ0n) is 49.7. The van der Waals surface area contributed by atoms with Crippen molar-refractivity contribution < 1.29 is 79.2 Å². The van der Waals surface area contributed by atoms with E-state index in [-0.39, 0.29) is 22.5 Å². The Kier molecular flexibility index (Phi) is 34.5. The molecule has 86 heavy (non-hydrogen) atoms. The Morgan fingerprint density at radius 2 is 1.16 bits per heavy atom. The van der Waals surface area contributed by atoms with Gasteiger partial charge in [-0.2, -0.15) is 0 Å². The molecule has 24 heteroatoms. The molecule has 2 aromatic heterocycles. The minimum absolute atomic E-state index is 0.0410. The molecule has 1 amide bonds. The molecule has 1 N–H and O–H groups in total. The van der Waals surface area contributed by atoms with E-state index in [1.54, 1.807) is 13.3 Å². The second-order valence-corrected chi connectivity index (χ2v) is 22.7. The van der Waals surface area contributed by atoms with Crippen LogP contribution >= 0.6 is 22.9 Å². The minimum atomic E-state index is -4.32. The van der Waals surface area contributed by atoms with Crippen LogP contribution in [0.4, 0.5) is 10.2 Å². The number of halogens is 2. The van der Waals surface area contributed by atoms with Crippen LogP contribution in [0.1, 0.15) is 49.8 Å². The second kappa shape index (κ2) is 42.2. The third-order valence-electron chi connectivity index (χ3n) is 13.5. The third-order valence-corrected chi connectivity index (χ3v) is 15.8. The molecule has 0 spiro atoms. The van der Waals surface area contributed by atoms with Gasteiger partial charge in [-0.05, 0) is 85.5 Å². The average molecular weight is 1260 g/mol. The van der Waals surface area contributed by atoms with Crippen LogP contribution in [0.5, 0.6) is 11.5 Å². The third kappa shape index (κ3) is 27.7. The lowest BCUT2D eigenvalue weighted by Crippen LogP contribution is -2.38. The van der Waals surface area contributed by atoms with Gasteiger partial charge in [-0.15, -0.1) is 11.3 Å². The number of thiazole rings is 1. The molecule has 476 valence electrons. The highest BCUT2D eigenvalue weighted by molar-refractivity contribution is 7.92. The van der Waals surface area contributed by atoms with Gasteiger partial charge < -0.3 is 66.5 Å². The van der Waals surface area contributed by atoms with Gasteiger partial charge in [0.05, 0.1) is 169 Å². The van der Waals surface area contributed by atoms with Crippen molar-refractivity contribution >= 4 is 44.7 Å². The maximum Gasteiger partial charge on any atom is 0.266 e. The van der Waals surface area contributed by atoms with E-state index in [4.69, 9.17) is 78.2 Å². The maximum atomic E-state index is 15.6. The van der Waals surface area contributed by atoms with Crippen molar-refractivity contribution in [3.8, 4) is 33.8 Å². The molecule has 0 atom stereocenters. The molecule has 0 unspecified atom stereocenters. The highest BCUT2D eigenvalue weighted by atomic mass is 35.5. The van der Waals surface area contributed by atoms with Crippen molar-refractivity contribution in [3.05, 3.63) is 106 Å². The summed E-state index contributed by atoms with van der Waals surface area (Å²) in [6.45, 7) is 14.6. The molecule has 0 bridgehead atoms. The normalized spacial score (nSPS) is 13.0. The molecular formula is C62H86ClFN4O16S2.